The number of nitrogens with one attached hydrogen (secondary N) is 2. The molecule has 5 nitrogen and oxygen atoms in total. The van der Waals surface area contributed by atoms with E-state index in [0.717, 1.165) is 13.0 Å². The van der Waals surface area contributed by atoms with Crippen LogP contribution in [0.1, 0.15) is 37.0 Å². The van der Waals surface area contributed by atoms with Crippen molar-refractivity contribution < 1.29 is 9.00 Å². The molecular weight excluding hydrogens is 310 g/mol. The van der Waals surface area contributed by atoms with E-state index >= 15 is 0 Å². The number of anilines is 1. The van der Waals surface area contributed by atoms with Gasteiger partial charge in [0.2, 0.25) is 0 Å². The molecule has 1 aromatic rings. The summed E-state index contributed by atoms with van der Waals surface area (Å²) in [5.41, 5.74) is 0.399. The number of carbonyl (C=O) groups is 1. The van der Waals surface area contributed by atoms with Crippen LogP contribution in [-0.2, 0) is 10.8 Å². The van der Waals surface area contributed by atoms with Crippen LogP contribution in [0.15, 0.2) is 12.3 Å². The molecule has 0 saturated heterocycles. The SMILES string of the molecule is CCCNc1cc(C(=O)NCCC(C)S(C)=O)c(Cl)cn1. The van der Waals surface area contributed by atoms with Crippen molar-refractivity contribution in [1.29, 1.82) is 0 Å². The van der Waals surface area contributed by atoms with Gasteiger partial charge in [-0.2, -0.15) is 0 Å². The highest BCUT2D eigenvalue weighted by Crippen LogP contribution is 2.18. The minimum absolute atomic E-state index is 0.0555. The van der Waals surface area contributed by atoms with Crippen LogP contribution in [0.25, 0.3) is 0 Å². The van der Waals surface area contributed by atoms with Gasteiger partial charge in [-0.05, 0) is 18.9 Å². The van der Waals surface area contributed by atoms with E-state index in [1.165, 1.54) is 6.20 Å². The maximum Gasteiger partial charge on any atom is 0.252 e. The molecule has 0 aliphatic heterocycles. The number of pyridine rings is 1. The maximum absolute atomic E-state index is 12.1. The Labute approximate surface area is 133 Å². The van der Waals surface area contributed by atoms with Crippen LogP contribution in [0.3, 0.4) is 0 Å². The molecule has 0 aromatic carbocycles. The molecule has 0 saturated carbocycles. The predicted octanol–water partition coefficient (Wildman–Crippen LogP) is 2.44. The molecule has 1 rings (SSSR count). The molecule has 7 heteroatoms. The first-order valence-electron chi connectivity index (χ1n) is 6.95. The number of halogens is 1. The van der Waals surface area contributed by atoms with E-state index in [0.29, 0.717) is 29.4 Å². The third-order valence-corrected chi connectivity index (χ3v) is 4.73. The standard InChI is InChI=1S/C14H22ClN3O2S/c1-4-6-16-13-8-11(12(15)9-18-13)14(19)17-7-5-10(2)21(3)20/h8-10H,4-7H2,1-3H3,(H,16,18)(H,17,19). The van der Waals surface area contributed by atoms with Crippen molar-refractivity contribution in [2.75, 3.05) is 24.7 Å². The van der Waals surface area contributed by atoms with Gasteiger partial charge in [-0.3, -0.25) is 9.00 Å². The highest BCUT2D eigenvalue weighted by molar-refractivity contribution is 7.84. The fraction of sp³-hybridized carbons (Fsp3) is 0.571. The first-order valence-corrected chi connectivity index (χ1v) is 8.95. The van der Waals surface area contributed by atoms with Crippen LogP contribution in [-0.4, -0.2) is 39.7 Å². The topological polar surface area (TPSA) is 71.1 Å². The fourth-order valence-electron chi connectivity index (χ4n) is 1.61. The van der Waals surface area contributed by atoms with Crippen LogP contribution >= 0.6 is 11.6 Å². The second-order valence-corrected chi connectivity index (χ2v) is 7.04. The quantitative estimate of drug-likeness (QED) is 0.767. The summed E-state index contributed by atoms with van der Waals surface area (Å²) in [5.74, 6) is 0.394. The summed E-state index contributed by atoms with van der Waals surface area (Å²) in [6.45, 7) is 5.20. The Bertz CT molecular complexity index is 511. The normalized spacial score (nSPS) is 13.5. The van der Waals surface area contributed by atoms with E-state index in [9.17, 15) is 9.00 Å². The van der Waals surface area contributed by atoms with Crippen LogP contribution in [0.5, 0.6) is 0 Å². The Balaban J connectivity index is 2.62. The van der Waals surface area contributed by atoms with Crippen molar-refractivity contribution >= 4 is 34.1 Å². The minimum atomic E-state index is -0.879. The fourth-order valence-corrected chi connectivity index (χ4v) is 2.25. The number of rotatable bonds is 8. The van der Waals surface area contributed by atoms with Gasteiger partial charge in [0.1, 0.15) is 5.82 Å². The Morgan fingerprint density at radius 2 is 2.19 bits per heavy atom. The summed E-state index contributed by atoms with van der Waals surface area (Å²) in [7, 11) is -0.879. The molecule has 0 bridgehead atoms. The second kappa shape index (κ2) is 9.00. The average molecular weight is 332 g/mol. The molecule has 0 radical (unpaired) electrons. The zero-order valence-electron chi connectivity index (χ0n) is 12.6. The molecule has 2 atom stereocenters. The van der Waals surface area contributed by atoms with Gasteiger partial charge in [-0.15, -0.1) is 0 Å². The van der Waals surface area contributed by atoms with Gasteiger partial charge in [-0.1, -0.05) is 25.4 Å². The summed E-state index contributed by atoms with van der Waals surface area (Å²) < 4.78 is 11.2. The first-order chi connectivity index (χ1) is 9.95. The Kier molecular flexibility index (Phi) is 7.67. The number of aromatic nitrogens is 1. The largest absolute Gasteiger partial charge is 0.370 e. The Morgan fingerprint density at radius 3 is 2.81 bits per heavy atom. The molecular formula is C14H22ClN3O2S. The van der Waals surface area contributed by atoms with Gasteiger partial charge in [0.15, 0.2) is 0 Å². The molecule has 0 aliphatic carbocycles. The lowest BCUT2D eigenvalue weighted by Crippen LogP contribution is -2.27. The van der Waals surface area contributed by atoms with Gasteiger partial charge in [-0.25, -0.2) is 4.98 Å². The van der Waals surface area contributed by atoms with Gasteiger partial charge >= 0.3 is 0 Å². The smallest absolute Gasteiger partial charge is 0.252 e. The third kappa shape index (κ3) is 6.01. The number of amides is 1. The average Bonchev–Trinajstić information content (AvgIpc) is 2.45. The molecule has 0 fully saturated rings. The van der Waals surface area contributed by atoms with E-state index in [-0.39, 0.29) is 11.2 Å². The predicted molar refractivity (Wildman–Crippen MR) is 88.5 cm³/mol. The highest BCUT2D eigenvalue weighted by atomic mass is 35.5. The van der Waals surface area contributed by atoms with Crippen LogP contribution in [0.4, 0.5) is 5.82 Å². The van der Waals surface area contributed by atoms with Crippen LogP contribution < -0.4 is 10.6 Å². The molecule has 1 heterocycles. The van der Waals surface area contributed by atoms with Crippen molar-refractivity contribution in [3.8, 4) is 0 Å². The second-order valence-electron chi connectivity index (χ2n) is 4.83. The summed E-state index contributed by atoms with van der Waals surface area (Å²) in [5, 5.41) is 6.29. The maximum atomic E-state index is 12.1. The van der Waals surface area contributed by atoms with E-state index in [1.807, 2.05) is 6.92 Å². The first kappa shape index (κ1) is 17.9. The summed E-state index contributed by atoms with van der Waals surface area (Å²) >= 11 is 6.02. The number of carbonyl (C=O) groups excluding carboxylic acids is 1. The summed E-state index contributed by atoms with van der Waals surface area (Å²) in [6.07, 6.45) is 4.77. The van der Waals surface area contributed by atoms with Gasteiger partial charge < -0.3 is 10.6 Å². The van der Waals surface area contributed by atoms with Gasteiger partial charge in [0.05, 0.1) is 10.6 Å². The summed E-state index contributed by atoms with van der Waals surface area (Å²) in [6, 6.07) is 1.65. The zero-order valence-corrected chi connectivity index (χ0v) is 14.2. The lowest BCUT2D eigenvalue weighted by atomic mass is 10.2. The molecule has 2 unspecified atom stereocenters. The lowest BCUT2D eigenvalue weighted by molar-refractivity contribution is 0.0953. The molecule has 0 spiro atoms. The van der Waals surface area contributed by atoms with Crippen LogP contribution in [0, 0.1) is 0 Å². The molecule has 1 aromatic heterocycles. The minimum Gasteiger partial charge on any atom is -0.370 e. The zero-order chi connectivity index (χ0) is 15.8. The molecule has 2 N–H and O–H groups in total. The molecule has 118 valence electrons. The van der Waals surface area contributed by atoms with Gasteiger partial charge in [0.25, 0.3) is 5.91 Å². The molecule has 1 amide bonds. The summed E-state index contributed by atoms with van der Waals surface area (Å²) in [4.78, 5) is 16.2. The number of nitrogens with zero attached hydrogens (tertiary/aromatic N) is 1. The number of hydrogen-bond acceptors (Lipinski definition) is 4. The lowest BCUT2D eigenvalue weighted by Gasteiger charge is -2.11. The van der Waals surface area contributed by atoms with Crippen molar-refractivity contribution in [3.05, 3.63) is 22.8 Å². The van der Waals surface area contributed by atoms with Crippen molar-refractivity contribution in [3.63, 3.8) is 0 Å². The van der Waals surface area contributed by atoms with Crippen molar-refractivity contribution in [2.24, 2.45) is 0 Å². The third-order valence-electron chi connectivity index (χ3n) is 3.06. The Hall–Kier alpha value is -1.14. The molecule has 0 aliphatic rings. The van der Waals surface area contributed by atoms with Crippen LogP contribution in [0.2, 0.25) is 5.02 Å². The van der Waals surface area contributed by atoms with Crippen molar-refractivity contribution in [1.82, 2.24) is 10.3 Å². The van der Waals surface area contributed by atoms with E-state index in [2.05, 4.69) is 22.5 Å². The van der Waals surface area contributed by atoms with E-state index in [4.69, 9.17) is 11.6 Å². The van der Waals surface area contributed by atoms with E-state index in [1.54, 1.807) is 12.3 Å². The van der Waals surface area contributed by atoms with Crippen molar-refractivity contribution in [2.45, 2.75) is 31.9 Å². The van der Waals surface area contributed by atoms with E-state index < -0.39 is 10.8 Å². The van der Waals surface area contributed by atoms with Gasteiger partial charge in [0, 0.05) is 41.6 Å². The number of hydrogen-bond donors (Lipinski definition) is 2. The monoisotopic (exact) mass is 331 g/mol. The highest BCUT2D eigenvalue weighted by Gasteiger charge is 2.13. The Morgan fingerprint density at radius 1 is 1.48 bits per heavy atom. The molecule has 21 heavy (non-hydrogen) atoms.